The largest absolute Gasteiger partial charge is 0.392 e. The lowest BCUT2D eigenvalue weighted by molar-refractivity contribution is 0.192. The number of rotatable bonds is 7. The third-order valence-electron chi connectivity index (χ3n) is 2.96. The maximum atomic E-state index is 12.3. The van der Waals surface area contributed by atoms with Crippen LogP contribution in [0.2, 0.25) is 0 Å². The number of aliphatic hydroxyl groups excluding tert-OH is 1. The molecule has 0 aliphatic carbocycles. The fraction of sp³-hybridized carbons (Fsp3) is 0.357. The number of nitrogens with one attached hydrogen (secondary N) is 2. The third kappa shape index (κ3) is 4.21. The number of hydrogen-bond donors (Lipinski definition) is 3. The highest BCUT2D eigenvalue weighted by atomic mass is 32.2. The van der Waals surface area contributed by atoms with E-state index in [-0.39, 0.29) is 11.4 Å². The minimum Gasteiger partial charge on any atom is -0.392 e. The lowest BCUT2D eigenvalue weighted by Gasteiger charge is -2.10. The van der Waals surface area contributed by atoms with Gasteiger partial charge in [-0.1, -0.05) is 12.1 Å². The normalized spacial score (nSPS) is 13.4. The summed E-state index contributed by atoms with van der Waals surface area (Å²) in [6.45, 7) is 2.82. The number of hydrogen-bond acceptors (Lipinski definition) is 5. The van der Waals surface area contributed by atoms with Crippen LogP contribution in [0, 0.1) is 0 Å². The van der Waals surface area contributed by atoms with E-state index in [1.807, 2.05) is 6.07 Å². The number of aliphatic hydroxyl groups is 1. The summed E-state index contributed by atoms with van der Waals surface area (Å²) in [6.07, 6.45) is 2.76. The Labute approximate surface area is 124 Å². The molecular weight excluding hydrogens is 290 g/mol. The third-order valence-corrected chi connectivity index (χ3v) is 4.48. The Hall–Kier alpha value is -1.54. The molecule has 7 heteroatoms. The van der Waals surface area contributed by atoms with Crippen LogP contribution >= 0.6 is 0 Å². The van der Waals surface area contributed by atoms with Crippen LogP contribution < -0.4 is 10.0 Å². The monoisotopic (exact) mass is 309 g/mol. The summed E-state index contributed by atoms with van der Waals surface area (Å²) in [4.78, 5) is 4.24. The van der Waals surface area contributed by atoms with E-state index in [1.165, 1.54) is 0 Å². The molecule has 0 spiro atoms. The van der Waals surface area contributed by atoms with E-state index in [2.05, 4.69) is 15.0 Å². The van der Waals surface area contributed by atoms with Crippen molar-refractivity contribution in [3.8, 4) is 0 Å². The van der Waals surface area contributed by atoms with E-state index in [9.17, 15) is 8.42 Å². The predicted octanol–water partition coefficient (Wildman–Crippen LogP) is 0.484. The second kappa shape index (κ2) is 6.95. The molecule has 0 radical (unpaired) electrons. The molecule has 0 aliphatic heterocycles. The van der Waals surface area contributed by atoms with Gasteiger partial charge in [0.25, 0.3) is 0 Å². The van der Waals surface area contributed by atoms with E-state index in [0.717, 1.165) is 5.39 Å². The van der Waals surface area contributed by atoms with Crippen LogP contribution in [0.15, 0.2) is 41.6 Å². The molecule has 1 aromatic carbocycles. The van der Waals surface area contributed by atoms with E-state index in [1.54, 1.807) is 37.5 Å². The number of sulfonamides is 1. The standard InChI is InChI=1S/C14H19N3O3S/c1-11(18)9-16-7-8-17-21(19,20)14-4-2-3-12-10-15-6-5-13(12)14/h2-6,10-11,16-18H,7-9H2,1H3. The molecule has 1 aromatic heterocycles. The summed E-state index contributed by atoms with van der Waals surface area (Å²) in [7, 11) is -3.57. The van der Waals surface area contributed by atoms with Crippen LogP contribution in [0.4, 0.5) is 0 Å². The number of aromatic nitrogens is 1. The van der Waals surface area contributed by atoms with Gasteiger partial charge in [0.05, 0.1) is 11.0 Å². The van der Waals surface area contributed by atoms with Gasteiger partial charge in [0.15, 0.2) is 0 Å². The van der Waals surface area contributed by atoms with Crippen molar-refractivity contribution in [3.05, 3.63) is 36.7 Å². The van der Waals surface area contributed by atoms with Crippen molar-refractivity contribution in [2.75, 3.05) is 19.6 Å². The minimum absolute atomic E-state index is 0.248. The van der Waals surface area contributed by atoms with Crippen molar-refractivity contribution in [2.24, 2.45) is 0 Å². The number of nitrogens with zero attached hydrogens (tertiary/aromatic N) is 1. The van der Waals surface area contributed by atoms with Gasteiger partial charge < -0.3 is 10.4 Å². The van der Waals surface area contributed by atoms with Crippen molar-refractivity contribution in [2.45, 2.75) is 17.9 Å². The second-order valence-electron chi connectivity index (χ2n) is 4.80. The van der Waals surface area contributed by atoms with Gasteiger partial charge in [-0.25, -0.2) is 13.1 Å². The zero-order valence-electron chi connectivity index (χ0n) is 11.8. The van der Waals surface area contributed by atoms with Gasteiger partial charge in [0.2, 0.25) is 10.0 Å². The maximum Gasteiger partial charge on any atom is 0.241 e. The van der Waals surface area contributed by atoms with E-state index in [0.29, 0.717) is 18.5 Å². The van der Waals surface area contributed by atoms with Crippen molar-refractivity contribution in [1.82, 2.24) is 15.0 Å². The topological polar surface area (TPSA) is 91.3 Å². The van der Waals surface area contributed by atoms with Gasteiger partial charge in [0, 0.05) is 42.8 Å². The second-order valence-corrected chi connectivity index (χ2v) is 6.54. The summed E-state index contributed by atoms with van der Waals surface area (Å²) in [5, 5.41) is 13.5. The number of benzene rings is 1. The Balaban J connectivity index is 2.08. The Bertz CT molecular complexity index is 696. The molecule has 21 heavy (non-hydrogen) atoms. The fourth-order valence-electron chi connectivity index (χ4n) is 1.99. The molecule has 0 aliphatic rings. The first kappa shape index (κ1) is 15.8. The zero-order chi connectivity index (χ0) is 15.3. The lowest BCUT2D eigenvalue weighted by atomic mass is 10.2. The Morgan fingerprint density at radius 1 is 1.29 bits per heavy atom. The molecule has 0 amide bonds. The Morgan fingerprint density at radius 2 is 2.10 bits per heavy atom. The molecule has 2 aromatic rings. The van der Waals surface area contributed by atoms with Gasteiger partial charge in [-0.2, -0.15) is 0 Å². The van der Waals surface area contributed by atoms with Crippen LogP contribution in [0.25, 0.3) is 10.8 Å². The molecule has 6 nitrogen and oxygen atoms in total. The predicted molar refractivity (Wildman–Crippen MR) is 81.5 cm³/mol. The van der Waals surface area contributed by atoms with Crippen molar-refractivity contribution in [3.63, 3.8) is 0 Å². The van der Waals surface area contributed by atoms with E-state index >= 15 is 0 Å². The molecule has 0 fully saturated rings. The van der Waals surface area contributed by atoms with Gasteiger partial charge in [0.1, 0.15) is 0 Å². The maximum absolute atomic E-state index is 12.3. The van der Waals surface area contributed by atoms with Crippen LogP contribution in [0.3, 0.4) is 0 Å². The minimum atomic E-state index is -3.57. The van der Waals surface area contributed by atoms with Gasteiger partial charge >= 0.3 is 0 Å². The average molecular weight is 309 g/mol. The van der Waals surface area contributed by atoms with Crippen LogP contribution in [-0.4, -0.2) is 44.2 Å². The molecule has 0 saturated carbocycles. The molecule has 3 N–H and O–H groups in total. The molecule has 0 saturated heterocycles. The Morgan fingerprint density at radius 3 is 2.86 bits per heavy atom. The summed E-state index contributed by atoms with van der Waals surface area (Å²) in [5.74, 6) is 0. The van der Waals surface area contributed by atoms with Crippen LogP contribution in [-0.2, 0) is 10.0 Å². The highest BCUT2D eigenvalue weighted by Gasteiger charge is 2.16. The van der Waals surface area contributed by atoms with Crippen molar-refractivity contribution >= 4 is 20.8 Å². The van der Waals surface area contributed by atoms with E-state index < -0.39 is 16.1 Å². The number of fused-ring (bicyclic) bond motifs is 1. The van der Waals surface area contributed by atoms with Gasteiger partial charge in [-0.05, 0) is 19.1 Å². The smallest absolute Gasteiger partial charge is 0.241 e. The van der Waals surface area contributed by atoms with Crippen molar-refractivity contribution in [1.29, 1.82) is 0 Å². The van der Waals surface area contributed by atoms with Crippen LogP contribution in [0.5, 0.6) is 0 Å². The van der Waals surface area contributed by atoms with Gasteiger partial charge in [-0.3, -0.25) is 4.98 Å². The van der Waals surface area contributed by atoms with Crippen molar-refractivity contribution < 1.29 is 13.5 Å². The van der Waals surface area contributed by atoms with Gasteiger partial charge in [-0.15, -0.1) is 0 Å². The first-order valence-electron chi connectivity index (χ1n) is 6.72. The molecule has 2 rings (SSSR count). The summed E-state index contributed by atoms with van der Waals surface area (Å²) < 4.78 is 27.2. The highest BCUT2D eigenvalue weighted by molar-refractivity contribution is 7.89. The fourth-order valence-corrected chi connectivity index (χ4v) is 3.25. The molecule has 1 atom stereocenters. The lowest BCUT2D eigenvalue weighted by Crippen LogP contribution is -2.34. The average Bonchev–Trinajstić information content (AvgIpc) is 2.46. The summed E-state index contributed by atoms with van der Waals surface area (Å²) in [5.41, 5.74) is 0. The first-order chi connectivity index (χ1) is 10.0. The molecular formula is C14H19N3O3S. The summed E-state index contributed by atoms with van der Waals surface area (Å²) >= 11 is 0. The SMILES string of the molecule is CC(O)CNCCNS(=O)(=O)c1cccc2cnccc12. The summed E-state index contributed by atoms with van der Waals surface area (Å²) in [6, 6.07) is 6.79. The zero-order valence-corrected chi connectivity index (χ0v) is 12.6. The Kier molecular flexibility index (Phi) is 5.24. The molecule has 1 unspecified atom stereocenters. The van der Waals surface area contributed by atoms with E-state index in [4.69, 9.17) is 5.11 Å². The quantitative estimate of drug-likeness (QED) is 0.647. The molecule has 0 bridgehead atoms. The number of pyridine rings is 1. The first-order valence-corrected chi connectivity index (χ1v) is 8.20. The molecule has 114 valence electrons. The molecule has 1 heterocycles. The highest BCUT2D eigenvalue weighted by Crippen LogP contribution is 2.21. The van der Waals surface area contributed by atoms with Crippen LogP contribution in [0.1, 0.15) is 6.92 Å².